The largest absolute Gasteiger partial charge is 0.350 e. The minimum absolute atomic E-state index is 0.114. The number of benzene rings is 2. The zero-order valence-electron chi connectivity index (χ0n) is 16.5. The molecule has 0 saturated carbocycles. The molecule has 1 aliphatic heterocycles. The average molecular weight is 385 g/mol. The molecule has 0 radical (unpaired) electrons. The maximum atomic E-state index is 13.1. The molecule has 4 rings (SSSR count). The van der Waals surface area contributed by atoms with Crippen molar-refractivity contribution in [3.63, 3.8) is 0 Å². The van der Waals surface area contributed by atoms with Crippen LogP contribution in [0.2, 0.25) is 0 Å². The van der Waals surface area contributed by atoms with Gasteiger partial charge in [0.2, 0.25) is 5.91 Å². The van der Waals surface area contributed by atoms with Crippen molar-refractivity contribution in [2.75, 3.05) is 4.90 Å². The summed E-state index contributed by atoms with van der Waals surface area (Å²) in [6.07, 6.45) is 1.82. The molecule has 1 aromatic heterocycles. The Balaban J connectivity index is 1.59. The first kappa shape index (κ1) is 18.9. The predicted octanol–water partition coefficient (Wildman–Crippen LogP) is 4.36. The zero-order chi connectivity index (χ0) is 20.4. The molecule has 1 N–H and O–H groups in total. The van der Waals surface area contributed by atoms with Crippen molar-refractivity contribution in [1.29, 1.82) is 0 Å². The summed E-state index contributed by atoms with van der Waals surface area (Å²) in [6.45, 7) is 3.96. The van der Waals surface area contributed by atoms with E-state index < -0.39 is 6.04 Å². The van der Waals surface area contributed by atoms with Crippen LogP contribution in [0.25, 0.3) is 0 Å². The van der Waals surface area contributed by atoms with E-state index in [1.54, 1.807) is 23.2 Å². The van der Waals surface area contributed by atoms with E-state index in [0.717, 1.165) is 16.8 Å². The third-order valence-electron chi connectivity index (χ3n) is 5.28. The van der Waals surface area contributed by atoms with Crippen LogP contribution in [0.15, 0.2) is 72.9 Å². The van der Waals surface area contributed by atoms with Crippen LogP contribution < -0.4 is 10.2 Å². The summed E-state index contributed by atoms with van der Waals surface area (Å²) in [4.78, 5) is 32.0. The first-order valence-electron chi connectivity index (χ1n) is 9.74. The lowest BCUT2D eigenvalue weighted by Gasteiger charge is -2.25. The van der Waals surface area contributed by atoms with E-state index in [1.807, 2.05) is 68.4 Å². The van der Waals surface area contributed by atoms with Gasteiger partial charge in [0.1, 0.15) is 0 Å². The van der Waals surface area contributed by atoms with Gasteiger partial charge in [-0.1, -0.05) is 48.0 Å². The van der Waals surface area contributed by atoms with Crippen molar-refractivity contribution in [2.45, 2.75) is 32.4 Å². The average Bonchev–Trinajstić information content (AvgIpc) is 3.01. The maximum absolute atomic E-state index is 13.1. The van der Waals surface area contributed by atoms with Crippen LogP contribution in [-0.4, -0.2) is 16.8 Å². The topological polar surface area (TPSA) is 62.3 Å². The molecule has 2 amide bonds. The molecule has 2 atom stereocenters. The Morgan fingerprint density at radius 1 is 1.07 bits per heavy atom. The SMILES string of the molecule is Cc1ccc(N2C(=O)c3cccnc3[C@H]2CC(=O)N[C@H](C)c2ccccc2)cc1. The maximum Gasteiger partial charge on any atom is 0.260 e. The molecule has 1 aliphatic rings. The minimum atomic E-state index is -0.427. The number of pyridine rings is 1. The minimum Gasteiger partial charge on any atom is -0.350 e. The second-order valence-corrected chi connectivity index (χ2v) is 7.37. The van der Waals surface area contributed by atoms with E-state index in [9.17, 15) is 9.59 Å². The summed E-state index contributed by atoms with van der Waals surface area (Å²) in [5, 5.41) is 3.05. The van der Waals surface area contributed by atoms with Crippen LogP contribution in [0.3, 0.4) is 0 Å². The number of nitrogens with zero attached hydrogens (tertiary/aromatic N) is 2. The summed E-state index contributed by atoms with van der Waals surface area (Å²) in [6, 6.07) is 20.6. The molecule has 0 aliphatic carbocycles. The van der Waals surface area contributed by atoms with Crippen LogP contribution in [-0.2, 0) is 4.79 Å². The molecule has 3 aromatic rings. The van der Waals surface area contributed by atoms with Crippen molar-refractivity contribution in [3.05, 3.63) is 95.3 Å². The highest BCUT2D eigenvalue weighted by Crippen LogP contribution is 2.38. The second kappa shape index (κ2) is 7.87. The zero-order valence-corrected chi connectivity index (χ0v) is 16.5. The number of carbonyl (C=O) groups excluding carboxylic acids is 2. The highest BCUT2D eigenvalue weighted by atomic mass is 16.2. The van der Waals surface area contributed by atoms with Gasteiger partial charge in [0.15, 0.2) is 0 Å². The highest BCUT2D eigenvalue weighted by molar-refractivity contribution is 6.11. The lowest BCUT2D eigenvalue weighted by molar-refractivity contribution is -0.122. The molecule has 0 saturated heterocycles. The molecule has 0 unspecified atom stereocenters. The molecule has 2 aromatic carbocycles. The molecular weight excluding hydrogens is 362 g/mol. The first-order valence-corrected chi connectivity index (χ1v) is 9.74. The van der Waals surface area contributed by atoms with Gasteiger partial charge in [-0.15, -0.1) is 0 Å². The van der Waals surface area contributed by atoms with Crippen molar-refractivity contribution in [3.8, 4) is 0 Å². The second-order valence-electron chi connectivity index (χ2n) is 7.37. The summed E-state index contributed by atoms with van der Waals surface area (Å²) in [5.41, 5.74) is 4.13. The standard InChI is InChI=1S/C24H23N3O2/c1-16-10-12-19(13-11-16)27-21(23-20(24(27)29)9-6-14-25-23)15-22(28)26-17(2)18-7-4-3-5-8-18/h3-14,17,21H,15H2,1-2H3,(H,26,28)/t17-,21-/m1/s1. The molecule has 5 heteroatoms. The van der Waals surface area contributed by atoms with Crippen molar-refractivity contribution < 1.29 is 9.59 Å². The van der Waals surface area contributed by atoms with Crippen LogP contribution >= 0.6 is 0 Å². The van der Waals surface area contributed by atoms with Gasteiger partial charge in [-0.05, 0) is 43.7 Å². The number of amides is 2. The molecular formula is C24H23N3O2. The molecule has 29 heavy (non-hydrogen) atoms. The Kier molecular flexibility index (Phi) is 5.12. The van der Waals surface area contributed by atoms with Gasteiger partial charge >= 0.3 is 0 Å². The summed E-state index contributed by atoms with van der Waals surface area (Å²) >= 11 is 0. The normalized spacial score (nSPS) is 16.4. The van der Waals surface area contributed by atoms with Crippen LogP contribution in [0.4, 0.5) is 5.69 Å². The number of hydrogen-bond acceptors (Lipinski definition) is 3. The summed E-state index contributed by atoms with van der Waals surface area (Å²) in [7, 11) is 0. The Bertz CT molecular complexity index is 1030. The van der Waals surface area contributed by atoms with E-state index in [0.29, 0.717) is 11.3 Å². The number of nitrogens with one attached hydrogen (secondary N) is 1. The van der Waals surface area contributed by atoms with Crippen molar-refractivity contribution in [2.24, 2.45) is 0 Å². The molecule has 2 heterocycles. The van der Waals surface area contributed by atoms with Crippen molar-refractivity contribution >= 4 is 17.5 Å². The smallest absolute Gasteiger partial charge is 0.260 e. The van der Waals surface area contributed by atoms with Gasteiger partial charge < -0.3 is 5.32 Å². The first-order chi connectivity index (χ1) is 14.0. The number of hydrogen-bond donors (Lipinski definition) is 1. The van der Waals surface area contributed by atoms with E-state index in [-0.39, 0.29) is 24.3 Å². The lowest BCUT2D eigenvalue weighted by atomic mass is 10.1. The highest BCUT2D eigenvalue weighted by Gasteiger charge is 2.40. The molecule has 0 spiro atoms. The number of aromatic nitrogens is 1. The predicted molar refractivity (Wildman–Crippen MR) is 113 cm³/mol. The third-order valence-corrected chi connectivity index (χ3v) is 5.28. The van der Waals surface area contributed by atoms with Crippen LogP contribution in [0.1, 0.15) is 52.6 Å². The lowest BCUT2D eigenvalue weighted by Crippen LogP contribution is -2.34. The summed E-state index contributed by atoms with van der Waals surface area (Å²) in [5.74, 6) is -0.236. The number of aryl methyl sites for hydroxylation is 1. The van der Waals surface area contributed by atoms with E-state index in [4.69, 9.17) is 0 Å². The van der Waals surface area contributed by atoms with Crippen LogP contribution in [0.5, 0.6) is 0 Å². The van der Waals surface area contributed by atoms with Gasteiger partial charge in [-0.3, -0.25) is 19.5 Å². The van der Waals surface area contributed by atoms with Gasteiger partial charge in [0, 0.05) is 11.9 Å². The number of rotatable bonds is 5. The number of fused-ring (bicyclic) bond motifs is 1. The van der Waals surface area contributed by atoms with Gasteiger partial charge in [0.05, 0.1) is 29.8 Å². The van der Waals surface area contributed by atoms with Crippen molar-refractivity contribution in [1.82, 2.24) is 10.3 Å². The van der Waals surface area contributed by atoms with Gasteiger partial charge in [-0.25, -0.2) is 0 Å². The molecule has 5 nitrogen and oxygen atoms in total. The Morgan fingerprint density at radius 2 is 1.79 bits per heavy atom. The fourth-order valence-corrected chi connectivity index (χ4v) is 3.75. The summed E-state index contributed by atoms with van der Waals surface area (Å²) < 4.78 is 0. The fourth-order valence-electron chi connectivity index (χ4n) is 3.75. The molecule has 0 bridgehead atoms. The van der Waals surface area contributed by atoms with E-state index >= 15 is 0 Å². The van der Waals surface area contributed by atoms with E-state index in [2.05, 4.69) is 10.3 Å². The molecule has 146 valence electrons. The Hall–Kier alpha value is -3.47. The van der Waals surface area contributed by atoms with Crippen LogP contribution in [0, 0.1) is 6.92 Å². The Morgan fingerprint density at radius 3 is 2.52 bits per heavy atom. The fraction of sp³-hybridized carbons (Fsp3) is 0.208. The van der Waals surface area contributed by atoms with E-state index in [1.165, 1.54) is 0 Å². The quantitative estimate of drug-likeness (QED) is 0.710. The molecule has 0 fully saturated rings. The third kappa shape index (κ3) is 3.76. The van der Waals surface area contributed by atoms with Gasteiger partial charge in [0.25, 0.3) is 5.91 Å². The van der Waals surface area contributed by atoms with Gasteiger partial charge in [-0.2, -0.15) is 0 Å². The number of carbonyl (C=O) groups is 2. The Labute approximate surface area is 170 Å². The number of anilines is 1. The monoisotopic (exact) mass is 385 g/mol.